The molecule has 0 aliphatic carbocycles. The van der Waals surface area contributed by atoms with Crippen molar-refractivity contribution in [3.05, 3.63) is 23.4 Å². The van der Waals surface area contributed by atoms with Gasteiger partial charge in [-0.1, -0.05) is 13.8 Å². The Morgan fingerprint density at radius 3 is 2.43 bits per heavy atom. The molecule has 3 rings (SSSR count). The van der Waals surface area contributed by atoms with Crippen LogP contribution in [0.2, 0.25) is 0 Å². The topological polar surface area (TPSA) is 142 Å². The third kappa shape index (κ3) is 6.60. The molecule has 12 nitrogen and oxygen atoms in total. The van der Waals surface area contributed by atoms with Gasteiger partial charge in [-0.2, -0.15) is 0 Å². The lowest BCUT2D eigenvalue weighted by Gasteiger charge is -2.30. The Kier molecular flexibility index (Phi) is 8.19. The molecule has 204 valence electrons. The molecule has 0 aromatic carbocycles. The van der Waals surface area contributed by atoms with Gasteiger partial charge >= 0.3 is 18.2 Å². The maximum atomic E-state index is 13.4. The van der Waals surface area contributed by atoms with Gasteiger partial charge in [0.2, 0.25) is 5.91 Å². The van der Waals surface area contributed by atoms with E-state index in [4.69, 9.17) is 9.47 Å². The Hall–Kier alpha value is -3.57. The summed E-state index contributed by atoms with van der Waals surface area (Å²) in [6.45, 7) is 9.18. The Balaban J connectivity index is 1.68. The highest BCUT2D eigenvalue weighted by atomic mass is 16.6. The zero-order valence-electron chi connectivity index (χ0n) is 22.5. The van der Waals surface area contributed by atoms with E-state index in [0.29, 0.717) is 13.1 Å². The van der Waals surface area contributed by atoms with Gasteiger partial charge in [0.05, 0.1) is 13.1 Å². The number of alkyl carbamates (subject to hydrolysis) is 1. The second kappa shape index (κ2) is 10.8. The van der Waals surface area contributed by atoms with Gasteiger partial charge in [-0.15, -0.1) is 0 Å². The van der Waals surface area contributed by atoms with E-state index in [1.165, 1.54) is 4.90 Å². The van der Waals surface area contributed by atoms with Crippen LogP contribution in [0.25, 0.3) is 0 Å². The van der Waals surface area contributed by atoms with E-state index in [9.17, 15) is 24.3 Å². The maximum Gasteiger partial charge on any atom is 0.410 e. The van der Waals surface area contributed by atoms with Gasteiger partial charge < -0.3 is 29.7 Å². The number of pyridine rings is 1. The number of carbonyl (C=O) groups is 4. The normalized spacial score (nSPS) is 19.9. The molecule has 12 heteroatoms. The van der Waals surface area contributed by atoms with Gasteiger partial charge in [0.15, 0.2) is 0 Å². The Labute approximate surface area is 216 Å². The molecular weight excluding hydrogens is 482 g/mol. The number of amides is 3. The Bertz CT molecular complexity index is 1050. The molecule has 3 atom stereocenters. The van der Waals surface area contributed by atoms with Crippen molar-refractivity contribution in [1.29, 1.82) is 0 Å². The molecule has 0 unspecified atom stereocenters. The van der Waals surface area contributed by atoms with Gasteiger partial charge in [0, 0.05) is 38.8 Å². The molecule has 3 amide bonds. The first-order valence-corrected chi connectivity index (χ1v) is 12.3. The number of nitrogens with one attached hydrogen (secondary N) is 1. The summed E-state index contributed by atoms with van der Waals surface area (Å²) in [7, 11) is 3.75. The van der Waals surface area contributed by atoms with Crippen LogP contribution in [-0.2, 0) is 32.2 Å². The summed E-state index contributed by atoms with van der Waals surface area (Å²) in [5, 5.41) is 12.3. The number of fused-ring (bicyclic) bond motifs is 1. The van der Waals surface area contributed by atoms with E-state index in [1.807, 2.05) is 25.1 Å². The Morgan fingerprint density at radius 1 is 1.19 bits per heavy atom. The maximum absolute atomic E-state index is 13.4. The predicted molar refractivity (Wildman–Crippen MR) is 134 cm³/mol. The van der Waals surface area contributed by atoms with Crippen molar-refractivity contribution in [1.82, 2.24) is 20.1 Å². The van der Waals surface area contributed by atoms with Gasteiger partial charge in [0.1, 0.15) is 29.6 Å². The number of aromatic nitrogens is 1. The fourth-order valence-electron chi connectivity index (χ4n) is 4.51. The quantitative estimate of drug-likeness (QED) is 0.578. The molecule has 0 radical (unpaired) electrons. The van der Waals surface area contributed by atoms with Crippen molar-refractivity contribution < 1.29 is 33.8 Å². The van der Waals surface area contributed by atoms with Crippen molar-refractivity contribution in [3.63, 3.8) is 0 Å². The molecule has 37 heavy (non-hydrogen) atoms. The number of hydrogen-bond acceptors (Lipinski definition) is 8. The highest BCUT2D eigenvalue weighted by molar-refractivity contribution is 5.90. The molecule has 1 aromatic rings. The number of ether oxygens (including phenoxy) is 2. The molecule has 0 saturated carbocycles. The van der Waals surface area contributed by atoms with Crippen LogP contribution in [0.4, 0.5) is 15.4 Å². The number of carboxylic acid groups (broad SMARTS) is 1. The van der Waals surface area contributed by atoms with Crippen LogP contribution in [0.5, 0.6) is 0 Å². The minimum absolute atomic E-state index is 0.0463. The molecule has 1 saturated heterocycles. The van der Waals surface area contributed by atoms with Crippen molar-refractivity contribution in [3.8, 4) is 0 Å². The smallest absolute Gasteiger partial charge is 0.410 e. The molecule has 3 heterocycles. The summed E-state index contributed by atoms with van der Waals surface area (Å²) in [4.78, 5) is 59.6. The monoisotopic (exact) mass is 519 g/mol. The van der Waals surface area contributed by atoms with Crippen molar-refractivity contribution in [2.24, 2.45) is 5.92 Å². The lowest BCUT2D eigenvalue weighted by atomic mass is 10.0. The Morgan fingerprint density at radius 2 is 1.86 bits per heavy atom. The first-order valence-electron chi connectivity index (χ1n) is 12.3. The van der Waals surface area contributed by atoms with E-state index < -0.39 is 47.9 Å². The molecule has 2 aliphatic heterocycles. The van der Waals surface area contributed by atoms with Crippen LogP contribution in [-0.4, -0.2) is 88.4 Å². The lowest BCUT2D eigenvalue weighted by Crippen LogP contribution is -2.54. The largest absolute Gasteiger partial charge is 0.480 e. The SMILES string of the molecule is CC(C)[C@H](NC(=O)OC(C)(C)C)C(=O)N1C[C@H](OC(=O)N2Cc3ccnc(N(C)C)c3C2)C[C@H]1C(=O)O. The number of carbonyl (C=O) groups excluding carboxylic acids is 3. The zero-order valence-corrected chi connectivity index (χ0v) is 22.5. The van der Waals surface area contributed by atoms with Gasteiger partial charge in [-0.3, -0.25) is 9.69 Å². The predicted octanol–water partition coefficient (Wildman–Crippen LogP) is 2.20. The van der Waals surface area contributed by atoms with Crippen LogP contribution in [0.15, 0.2) is 12.3 Å². The van der Waals surface area contributed by atoms with E-state index in [1.54, 1.807) is 40.8 Å². The van der Waals surface area contributed by atoms with Crippen molar-refractivity contribution in [2.45, 2.75) is 77.9 Å². The number of likely N-dealkylation sites (tertiary alicyclic amines) is 1. The second-order valence-electron chi connectivity index (χ2n) is 11.0. The van der Waals surface area contributed by atoms with Gasteiger partial charge in [-0.05, 0) is 38.3 Å². The number of rotatable bonds is 6. The van der Waals surface area contributed by atoms with Crippen LogP contribution in [0.1, 0.15) is 52.2 Å². The third-order valence-corrected chi connectivity index (χ3v) is 6.23. The van der Waals surface area contributed by atoms with E-state index in [0.717, 1.165) is 21.8 Å². The second-order valence-corrected chi connectivity index (χ2v) is 11.0. The van der Waals surface area contributed by atoms with E-state index >= 15 is 0 Å². The van der Waals surface area contributed by atoms with Crippen molar-refractivity contribution in [2.75, 3.05) is 25.5 Å². The molecule has 1 aromatic heterocycles. The summed E-state index contributed by atoms with van der Waals surface area (Å²) in [6, 6.07) is -0.334. The molecule has 0 bridgehead atoms. The summed E-state index contributed by atoms with van der Waals surface area (Å²) in [6.07, 6.45) is -0.514. The van der Waals surface area contributed by atoms with Crippen LogP contribution in [0.3, 0.4) is 0 Å². The summed E-state index contributed by atoms with van der Waals surface area (Å²) in [5.41, 5.74) is 1.14. The fourth-order valence-corrected chi connectivity index (χ4v) is 4.51. The highest BCUT2D eigenvalue weighted by Crippen LogP contribution is 2.30. The molecule has 1 fully saturated rings. The summed E-state index contributed by atoms with van der Waals surface area (Å²) < 4.78 is 10.9. The average Bonchev–Trinajstić information content (AvgIpc) is 3.39. The average molecular weight is 520 g/mol. The number of anilines is 1. The zero-order chi connectivity index (χ0) is 27.7. The highest BCUT2D eigenvalue weighted by Gasteiger charge is 2.45. The van der Waals surface area contributed by atoms with Gasteiger partial charge in [0.25, 0.3) is 0 Å². The van der Waals surface area contributed by atoms with Crippen LogP contribution < -0.4 is 10.2 Å². The van der Waals surface area contributed by atoms with Gasteiger partial charge in [-0.25, -0.2) is 19.4 Å². The summed E-state index contributed by atoms with van der Waals surface area (Å²) >= 11 is 0. The minimum atomic E-state index is -1.21. The summed E-state index contributed by atoms with van der Waals surface area (Å²) in [5.74, 6) is -1.34. The van der Waals surface area contributed by atoms with Crippen molar-refractivity contribution >= 4 is 29.9 Å². The molecule has 2 N–H and O–H groups in total. The third-order valence-electron chi connectivity index (χ3n) is 6.23. The van der Waals surface area contributed by atoms with E-state index in [2.05, 4.69) is 10.3 Å². The number of carboxylic acids is 1. The lowest BCUT2D eigenvalue weighted by molar-refractivity contribution is -0.149. The molecule has 2 aliphatic rings. The number of nitrogens with zero attached hydrogens (tertiary/aromatic N) is 4. The standard InChI is InChI=1S/C25H37N5O7/c1-14(2)19(27-23(34)37-25(3,4)5)21(31)30-12-16(10-18(30)22(32)33)36-24(35)29-11-15-8-9-26-20(28(6)7)17(15)13-29/h8-9,14,16,18-19H,10-13H2,1-7H3,(H,27,34)(H,32,33)/t16-,18+,19+/m1/s1. The molecular formula is C25H37N5O7. The van der Waals surface area contributed by atoms with E-state index in [-0.39, 0.29) is 18.9 Å². The number of hydrogen-bond donors (Lipinski definition) is 2. The first-order chi connectivity index (χ1) is 17.2. The van der Waals surface area contributed by atoms with Crippen LogP contribution >= 0.6 is 0 Å². The minimum Gasteiger partial charge on any atom is -0.480 e. The number of aliphatic carboxylic acids is 1. The molecule has 0 spiro atoms. The fraction of sp³-hybridized carbons (Fsp3) is 0.640. The first kappa shape index (κ1) is 28.0. The van der Waals surface area contributed by atoms with Crippen LogP contribution in [0, 0.1) is 5.92 Å².